The first kappa shape index (κ1) is 30.6. The van der Waals surface area contributed by atoms with Crippen molar-refractivity contribution in [2.24, 2.45) is 11.8 Å². The van der Waals surface area contributed by atoms with Crippen molar-refractivity contribution in [1.82, 2.24) is 10.2 Å². The van der Waals surface area contributed by atoms with Crippen molar-refractivity contribution in [2.75, 3.05) is 25.0 Å². The molecule has 0 aromatic heterocycles. The zero-order chi connectivity index (χ0) is 28.5. The first-order valence-electron chi connectivity index (χ1n) is 11.8. The normalized spacial score (nSPS) is 15.2. The monoisotopic (exact) mass is 555 g/mol. The Morgan fingerprint density at radius 1 is 1.03 bits per heavy atom. The number of halogens is 4. The van der Waals surface area contributed by atoms with Crippen LogP contribution in [0.5, 0.6) is 0 Å². The third kappa shape index (κ3) is 9.70. The third-order valence-corrected chi connectivity index (χ3v) is 5.75. The molecule has 1 heterocycles. The van der Waals surface area contributed by atoms with Crippen molar-refractivity contribution in [3.8, 4) is 0 Å². The van der Waals surface area contributed by atoms with Gasteiger partial charge in [-0.25, -0.2) is 4.79 Å². The third-order valence-electron chi connectivity index (χ3n) is 5.50. The predicted molar refractivity (Wildman–Crippen MR) is 136 cm³/mol. The summed E-state index contributed by atoms with van der Waals surface area (Å²) in [7, 11) is 0. The highest BCUT2D eigenvalue weighted by Crippen LogP contribution is 2.20. The molecule has 206 valence electrons. The molecular formula is C26H29ClF3N3O5. The van der Waals surface area contributed by atoms with Crippen LogP contribution in [-0.2, 0) is 9.59 Å². The van der Waals surface area contributed by atoms with Crippen LogP contribution < -0.4 is 10.6 Å². The molecule has 12 heteroatoms. The van der Waals surface area contributed by atoms with Crippen LogP contribution in [0.25, 0.3) is 0 Å². The van der Waals surface area contributed by atoms with Gasteiger partial charge in [0.05, 0.1) is 5.92 Å². The fourth-order valence-corrected chi connectivity index (χ4v) is 3.63. The lowest BCUT2D eigenvalue weighted by molar-refractivity contribution is -0.192. The number of anilines is 1. The van der Waals surface area contributed by atoms with E-state index in [1.807, 2.05) is 0 Å². The maximum Gasteiger partial charge on any atom is 0.490 e. The minimum absolute atomic E-state index is 0.0199. The fourth-order valence-electron chi connectivity index (χ4n) is 3.51. The second-order valence-electron chi connectivity index (χ2n) is 9.07. The number of carbonyl (C=O) groups excluding carboxylic acids is 3. The Labute approximate surface area is 223 Å². The maximum atomic E-state index is 12.9. The molecule has 0 bridgehead atoms. The largest absolute Gasteiger partial charge is 0.490 e. The fraction of sp³-hybridized carbons (Fsp3) is 0.385. The number of nitrogens with zero attached hydrogens (tertiary/aromatic N) is 1. The maximum absolute atomic E-state index is 12.9. The molecule has 1 atom stereocenters. The number of amides is 3. The molecule has 1 unspecified atom stereocenters. The summed E-state index contributed by atoms with van der Waals surface area (Å²) >= 11 is 5.85. The standard InChI is InChI=1S/C24H28ClN3O3.C2HF3O2/c1-16(2)14-26-22(29)19-4-3-13-28(15-19)24(31)18-7-11-21(12-8-18)27-23(30)17-5-9-20(25)10-6-17;3-2(4,5)1(6)7/h5-12,16,19H,3-4,13-15H2,1-2H3,(H,26,29)(H,27,30);(H,6,7). The molecule has 2 aromatic rings. The van der Waals surface area contributed by atoms with E-state index in [1.165, 1.54) is 0 Å². The van der Waals surface area contributed by atoms with Crippen molar-refractivity contribution < 1.29 is 37.5 Å². The van der Waals surface area contributed by atoms with E-state index < -0.39 is 12.1 Å². The number of piperidine rings is 1. The van der Waals surface area contributed by atoms with Crippen molar-refractivity contribution in [1.29, 1.82) is 0 Å². The molecule has 1 aliphatic rings. The topological polar surface area (TPSA) is 116 Å². The van der Waals surface area contributed by atoms with Crippen molar-refractivity contribution in [2.45, 2.75) is 32.9 Å². The summed E-state index contributed by atoms with van der Waals surface area (Å²) in [5.74, 6) is -2.86. The SMILES string of the molecule is CC(C)CNC(=O)C1CCCN(C(=O)c2ccc(NC(=O)c3ccc(Cl)cc3)cc2)C1.O=C(O)C(F)(F)F. The summed E-state index contributed by atoms with van der Waals surface area (Å²) < 4.78 is 31.7. The average molecular weight is 556 g/mol. The van der Waals surface area contributed by atoms with Crippen LogP contribution in [0.2, 0.25) is 5.02 Å². The van der Waals surface area contributed by atoms with E-state index in [4.69, 9.17) is 21.5 Å². The number of benzene rings is 2. The molecule has 0 radical (unpaired) electrons. The van der Waals surface area contributed by atoms with Gasteiger partial charge in [0.15, 0.2) is 0 Å². The van der Waals surface area contributed by atoms with Gasteiger partial charge in [-0.15, -0.1) is 0 Å². The minimum atomic E-state index is -5.08. The molecule has 3 N–H and O–H groups in total. The highest BCUT2D eigenvalue weighted by molar-refractivity contribution is 6.30. The summed E-state index contributed by atoms with van der Waals surface area (Å²) in [4.78, 5) is 48.3. The molecule has 8 nitrogen and oxygen atoms in total. The van der Waals surface area contributed by atoms with Gasteiger partial charge < -0.3 is 20.6 Å². The van der Waals surface area contributed by atoms with E-state index in [0.29, 0.717) is 47.4 Å². The van der Waals surface area contributed by atoms with Gasteiger partial charge in [0.2, 0.25) is 5.91 Å². The van der Waals surface area contributed by atoms with Crippen molar-refractivity contribution in [3.63, 3.8) is 0 Å². The second-order valence-corrected chi connectivity index (χ2v) is 9.51. The molecule has 2 aromatic carbocycles. The van der Waals surface area contributed by atoms with E-state index in [0.717, 1.165) is 12.8 Å². The molecule has 3 amide bonds. The highest BCUT2D eigenvalue weighted by Gasteiger charge is 2.38. The summed E-state index contributed by atoms with van der Waals surface area (Å²) in [5.41, 5.74) is 1.63. The Bertz CT molecular complexity index is 1120. The Kier molecular flexibility index (Phi) is 11.1. The first-order valence-corrected chi connectivity index (χ1v) is 12.2. The van der Waals surface area contributed by atoms with E-state index >= 15 is 0 Å². The number of rotatable bonds is 6. The number of nitrogens with one attached hydrogen (secondary N) is 2. The molecule has 0 aliphatic carbocycles. The van der Waals surface area contributed by atoms with Crippen LogP contribution in [0, 0.1) is 11.8 Å². The van der Waals surface area contributed by atoms with Gasteiger partial charge in [-0.05, 0) is 67.3 Å². The molecule has 0 saturated carbocycles. The van der Waals surface area contributed by atoms with Gasteiger partial charge in [-0.1, -0.05) is 25.4 Å². The Morgan fingerprint density at radius 3 is 2.11 bits per heavy atom. The number of carbonyl (C=O) groups is 4. The molecule has 1 fully saturated rings. The summed E-state index contributed by atoms with van der Waals surface area (Å²) in [5, 5.41) is 13.5. The number of carboxylic acids is 1. The zero-order valence-electron chi connectivity index (χ0n) is 20.8. The second kappa shape index (κ2) is 13.8. The molecule has 38 heavy (non-hydrogen) atoms. The average Bonchev–Trinajstić information content (AvgIpc) is 2.87. The number of hydrogen-bond acceptors (Lipinski definition) is 4. The molecule has 0 spiro atoms. The van der Waals surface area contributed by atoms with Crippen LogP contribution >= 0.6 is 11.6 Å². The number of likely N-dealkylation sites (tertiary alicyclic amines) is 1. The van der Waals surface area contributed by atoms with E-state index in [-0.39, 0.29) is 23.6 Å². The zero-order valence-corrected chi connectivity index (χ0v) is 21.6. The summed E-state index contributed by atoms with van der Waals surface area (Å²) in [6.07, 6.45) is -3.48. The quantitative estimate of drug-likeness (QED) is 0.471. The summed E-state index contributed by atoms with van der Waals surface area (Å²) in [6.45, 7) is 5.82. The van der Waals surface area contributed by atoms with Crippen LogP contribution in [0.1, 0.15) is 47.4 Å². The molecule has 1 saturated heterocycles. The Hall–Kier alpha value is -3.60. The lowest BCUT2D eigenvalue weighted by Crippen LogP contribution is -2.46. The van der Waals surface area contributed by atoms with Gasteiger partial charge >= 0.3 is 12.1 Å². The van der Waals surface area contributed by atoms with Crippen LogP contribution in [0.4, 0.5) is 18.9 Å². The Balaban J connectivity index is 0.000000638. The number of alkyl halides is 3. The van der Waals surface area contributed by atoms with E-state index in [1.54, 1.807) is 53.4 Å². The van der Waals surface area contributed by atoms with E-state index in [2.05, 4.69) is 24.5 Å². The lowest BCUT2D eigenvalue weighted by Gasteiger charge is -2.32. The lowest BCUT2D eigenvalue weighted by atomic mass is 9.96. The smallest absolute Gasteiger partial charge is 0.475 e. The van der Waals surface area contributed by atoms with Gasteiger partial charge in [0, 0.05) is 41.5 Å². The van der Waals surface area contributed by atoms with E-state index in [9.17, 15) is 27.6 Å². The number of hydrogen-bond donors (Lipinski definition) is 3. The van der Waals surface area contributed by atoms with Gasteiger partial charge in [0.1, 0.15) is 0 Å². The number of aliphatic carboxylic acids is 1. The van der Waals surface area contributed by atoms with Crippen LogP contribution in [-0.4, -0.2) is 59.5 Å². The van der Waals surface area contributed by atoms with Crippen LogP contribution in [0.15, 0.2) is 48.5 Å². The molecule has 1 aliphatic heterocycles. The van der Waals surface area contributed by atoms with Gasteiger partial charge in [0.25, 0.3) is 11.8 Å². The first-order chi connectivity index (χ1) is 17.8. The Morgan fingerprint density at radius 2 is 1.58 bits per heavy atom. The predicted octanol–water partition coefficient (Wildman–Crippen LogP) is 4.85. The van der Waals surface area contributed by atoms with Gasteiger partial charge in [-0.3, -0.25) is 14.4 Å². The summed E-state index contributed by atoms with van der Waals surface area (Å²) in [6, 6.07) is 13.4. The molecule has 3 rings (SSSR count). The highest BCUT2D eigenvalue weighted by atomic mass is 35.5. The van der Waals surface area contributed by atoms with Gasteiger partial charge in [-0.2, -0.15) is 13.2 Å². The van der Waals surface area contributed by atoms with Crippen LogP contribution in [0.3, 0.4) is 0 Å². The van der Waals surface area contributed by atoms with Crippen molar-refractivity contribution >= 4 is 41.0 Å². The van der Waals surface area contributed by atoms with Crippen molar-refractivity contribution in [3.05, 3.63) is 64.7 Å². The molecular weight excluding hydrogens is 527 g/mol. The number of carboxylic acid groups (broad SMARTS) is 1. The minimum Gasteiger partial charge on any atom is -0.475 e.